The number of fused-ring (bicyclic) bond motifs is 1. The number of amides is 5. The van der Waals surface area contributed by atoms with Crippen molar-refractivity contribution in [2.24, 2.45) is 0 Å². The molecule has 0 radical (unpaired) electrons. The number of carboxylic acid groups (broad SMARTS) is 1. The van der Waals surface area contributed by atoms with E-state index in [1.807, 2.05) is 9.80 Å². The van der Waals surface area contributed by atoms with Gasteiger partial charge >= 0.3 is 12.1 Å². The highest BCUT2D eigenvalue weighted by Crippen LogP contribution is 2.34. The van der Waals surface area contributed by atoms with Crippen molar-refractivity contribution < 1.29 is 38.6 Å². The Balaban J connectivity index is 1.43. The van der Waals surface area contributed by atoms with Gasteiger partial charge in [0.2, 0.25) is 11.8 Å². The molecule has 0 bridgehead atoms. The van der Waals surface area contributed by atoms with E-state index in [9.17, 15) is 33.9 Å². The van der Waals surface area contributed by atoms with Crippen molar-refractivity contribution in [1.82, 2.24) is 20.4 Å². The molecule has 204 valence electrons. The quantitative estimate of drug-likeness (QED) is 0.433. The SMILES string of the molecule is CC(C)(C)OC(=O)NC(CN1CCN(c2cccc3c2C(=O)N(C2CCC(=O)NC2=O)C3=O)CC1)C(=O)O. The highest BCUT2D eigenvalue weighted by Gasteiger charge is 2.46. The molecule has 5 amide bonds. The van der Waals surface area contributed by atoms with Crippen molar-refractivity contribution in [3.8, 4) is 0 Å². The van der Waals surface area contributed by atoms with Gasteiger partial charge in [-0.1, -0.05) is 6.07 Å². The summed E-state index contributed by atoms with van der Waals surface area (Å²) in [4.78, 5) is 78.9. The molecule has 3 aliphatic heterocycles. The first-order chi connectivity index (χ1) is 17.9. The summed E-state index contributed by atoms with van der Waals surface area (Å²) in [6, 6.07) is 2.73. The minimum Gasteiger partial charge on any atom is -0.480 e. The van der Waals surface area contributed by atoms with Crippen molar-refractivity contribution in [3.05, 3.63) is 29.3 Å². The van der Waals surface area contributed by atoms with E-state index < -0.39 is 53.4 Å². The Morgan fingerprint density at radius 1 is 1.11 bits per heavy atom. The molecule has 2 fully saturated rings. The maximum Gasteiger partial charge on any atom is 0.408 e. The van der Waals surface area contributed by atoms with E-state index in [-0.39, 0.29) is 30.5 Å². The van der Waals surface area contributed by atoms with Gasteiger partial charge in [-0.3, -0.25) is 34.3 Å². The zero-order valence-electron chi connectivity index (χ0n) is 21.5. The van der Waals surface area contributed by atoms with Gasteiger partial charge in [0.1, 0.15) is 17.7 Å². The third kappa shape index (κ3) is 5.62. The molecule has 2 atom stereocenters. The molecule has 13 heteroatoms. The number of aliphatic carboxylic acids is 1. The van der Waals surface area contributed by atoms with Crippen LogP contribution in [0.5, 0.6) is 0 Å². The number of nitrogens with one attached hydrogen (secondary N) is 2. The number of carboxylic acids is 1. The van der Waals surface area contributed by atoms with E-state index in [1.54, 1.807) is 39.0 Å². The number of carbonyl (C=O) groups excluding carboxylic acids is 5. The van der Waals surface area contributed by atoms with Crippen molar-refractivity contribution in [3.63, 3.8) is 0 Å². The number of piperidine rings is 1. The van der Waals surface area contributed by atoms with Crippen LogP contribution in [0.2, 0.25) is 0 Å². The molecule has 4 rings (SSSR count). The Labute approximate surface area is 219 Å². The van der Waals surface area contributed by atoms with Crippen LogP contribution in [0.25, 0.3) is 0 Å². The summed E-state index contributed by atoms with van der Waals surface area (Å²) in [6.45, 7) is 6.89. The lowest BCUT2D eigenvalue weighted by Gasteiger charge is -2.37. The molecule has 2 unspecified atom stereocenters. The predicted octanol–water partition coefficient (Wildman–Crippen LogP) is 0.188. The second-order valence-corrected chi connectivity index (χ2v) is 10.5. The largest absolute Gasteiger partial charge is 0.480 e. The van der Waals surface area contributed by atoms with Crippen LogP contribution in [-0.2, 0) is 19.1 Å². The fraction of sp³-hybridized carbons (Fsp3) is 0.520. The third-order valence-corrected chi connectivity index (χ3v) is 6.59. The summed E-state index contributed by atoms with van der Waals surface area (Å²) in [6.07, 6.45) is -0.697. The van der Waals surface area contributed by atoms with E-state index in [2.05, 4.69) is 10.6 Å². The van der Waals surface area contributed by atoms with E-state index in [0.29, 0.717) is 31.9 Å². The molecular weight excluding hydrogens is 498 g/mol. The molecule has 0 saturated carbocycles. The van der Waals surface area contributed by atoms with Crippen molar-refractivity contribution in [2.75, 3.05) is 37.6 Å². The Morgan fingerprint density at radius 2 is 1.79 bits per heavy atom. The van der Waals surface area contributed by atoms with Crippen LogP contribution < -0.4 is 15.5 Å². The molecule has 0 aromatic heterocycles. The number of hydrogen-bond acceptors (Lipinski definition) is 9. The highest BCUT2D eigenvalue weighted by atomic mass is 16.6. The Hall–Kier alpha value is -4.00. The van der Waals surface area contributed by atoms with Gasteiger partial charge in [0.05, 0.1) is 16.8 Å². The molecule has 3 heterocycles. The number of ether oxygens (including phenoxy) is 1. The van der Waals surface area contributed by atoms with Gasteiger partial charge < -0.3 is 20.1 Å². The van der Waals surface area contributed by atoms with Gasteiger partial charge in [0, 0.05) is 39.1 Å². The Kier molecular flexibility index (Phi) is 7.40. The summed E-state index contributed by atoms with van der Waals surface area (Å²) in [5.74, 6) is -3.44. The molecule has 1 aromatic rings. The van der Waals surface area contributed by atoms with Gasteiger partial charge in [0.25, 0.3) is 11.8 Å². The lowest BCUT2D eigenvalue weighted by Crippen LogP contribution is -2.55. The van der Waals surface area contributed by atoms with Crippen LogP contribution in [0, 0.1) is 0 Å². The van der Waals surface area contributed by atoms with Crippen LogP contribution >= 0.6 is 0 Å². The zero-order chi connectivity index (χ0) is 27.8. The zero-order valence-corrected chi connectivity index (χ0v) is 21.5. The van der Waals surface area contributed by atoms with Crippen molar-refractivity contribution in [2.45, 2.75) is 51.3 Å². The monoisotopic (exact) mass is 529 g/mol. The first-order valence-electron chi connectivity index (χ1n) is 12.4. The summed E-state index contributed by atoms with van der Waals surface area (Å²) >= 11 is 0. The Morgan fingerprint density at radius 3 is 2.39 bits per heavy atom. The lowest BCUT2D eigenvalue weighted by molar-refractivity contribution is -0.140. The number of imide groups is 2. The van der Waals surface area contributed by atoms with E-state index >= 15 is 0 Å². The average molecular weight is 530 g/mol. The number of anilines is 1. The van der Waals surface area contributed by atoms with Gasteiger partial charge in [0.15, 0.2) is 0 Å². The summed E-state index contributed by atoms with van der Waals surface area (Å²) in [5, 5.41) is 14.2. The Bertz CT molecular complexity index is 1180. The number of rotatable bonds is 6. The van der Waals surface area contributed by atoms with Gasteiger partial charge in [-0.25, -0.2) is 9.59 Å². The second-order valence-electron chi connectivity index (χ2n) is 10.5. The molecule has 1 aromatic carbocycles. The third-order valence-electron chi connectivity index (χ3n) is 6.59. The van der Waals surface area contributed by atoms with Gasteiger partial charge in [-0.15, -0.1) is 0 Å². The summed E-state index contributed by atoms with van der Waals surface area (Å²) < 4.78 is 5.16. The fourth-order valence-electron chi connectivity index (χ4n) is 4.83. The molecular formula is C25H31N5O8. The number of benzene rings is 1. The van der Waals surface area contributed by atoms with E-state index in [4.69, 9.17) is 4.74 Å². The van der Waals surface area contributed by atoms with E-state index in [0.717, 1.165) is 4.90 Å². The smallest absolute Gasteiger partial charge is 0.408 e. The number of carbonyl (C=O) groups is 6. The molecule has 3 aliphatic rings. The molecule has 0 aliphatic carbocycles. The highest BCUT2D eigenvalue weighted by molar-refractivity contribution is 6.25. The normalized spacial score (nSPS) is 21.2. The van der Waals surface area contributed by atoms with Crippen molar-refractivity contribution >= 4 is 41.4 Å². The minimum atomic E-state index is -1.18. The molecule has 13 nitrogen and oxygen atoms in total. The maximum atomic E-state index is 13.4. The first-order valence-corrected chi connectivity index (χ1v) is 12.4. The van der Waals surface area contributed by atoms with Crippen LogP contribution in [-0.4, -0.2) is 101 Å². The van der Waals surface area contributed by atoms with Gasteiger partial charge in [-0.05, 0) is 39.3 Å². The topological polar surface area (TPSA) is 166 Å². The predicted molar refractivity (Wildman–Crippen MR) is 133 cm³/mol. The summed E-state index contributed by atoms with van der Waals surface area (Å²) in [5.41, 5.74) is 0.205. The number of alkyl carbamates (subject to hydrolysis) is 1. The summed E-state index contributed by atoms with van der Waals surface area (Å²) in [7, 11) is 0. The maximum absolute atomic E-state index is 13.4. The minimum absolute atomic E-state index is 0.0404. The fourth-order valence-corrected chi connectivity index (χ4v) is 4.83. The van der Waals surface area contributed by atoms with E-state index in [1.165, 1.54) is 0 Å². The average Bonchev–Trinajstić information content (AvgIpc) is 3.08. The molecule has 3 N–H and O–H groups in total. The van der Waals surface area contributed by atoms with Crippen LogP contribution in [0.1, 0.15) is 54.3 Å². The van der Waals surface area contributed by atoms with Crippen LogP contribution in [0.15, 0.2) is 18.2 Å². The van der Waals surface area contributed by atoms with Crippen LogP contribution in [0.3, 0.4) is 0 Å². The number of hydrogen-bond donors (Lipinski definition) is 3. The standard InChI is InChI=1S/C25H31N5O8/c1-25(2,3)38-24(37)26-15(23(35)36)13-28-9-11-29(12-10-28)16-6-4-5-14-19(16)22(34)30(21(14)33)17-7-8-18(31)27-20(17)32/h4-6,15,17H,7-13H2,1-3H3,(H,26,37)(H,35,36)(H,27,31,32). The van der Waals surface area contributed by atoms with Crippen molar-refractivity contribution in [1.29, 1.82) is 0 Å². The van der Waals surface area contributed by atoms with Gasteiger partial charge in [-0.2, -0.15) is 0 Å². The number of piperazine rings is 1. The van der Waals surface area contributed by atoms with Crippen LogP contribution in [0.4, 0.5) is 10.5 Å². The molecule has 38 heavy (non-hydrogen) atoms. The molecule has 0 spiro atoms. The lowest BCUT2D eigenvalue weighted by atomic mass is 10.0. The second kappa shape index (κ2) is 10.4. The first kappa shape index (κ1) is 27.0. The number of nitrogens with zero attached hydrogens (tertiary/aromatic N) is 3. The molecule has 2 saturated heterocycles.